The van der Waals surface area contributed by atoms with Gasteiger partial charge in [0, 0.05) is 6.54 Å². The van der Waals surface area contributed by atoms with E-state index in [0.717, 1.165) is 0 Å². The van der Waals surface area contributed by atoms with Crippen LogP contribution in [0.2, 0.25) is 0 Å². The van der Waals surface area contributed by atoms with E-state index in [-0.39, 0.29) is 5.82 Å². The lowest BCUT2D eigenvalue weighted by molar-refractivity contribution is -0.118. The lowest BCUT2D eigenvalue weighted by Gasteiger charge is -2.23. The first-order chi connectivity index (χ1) is 8.42. The molecule has 0 saturated heterocycles. The molecule has 0 aliphatic carbocycles. The first kappa shape index (κ1) is 15.0. The highest BCUT2D eigenvalue weighted by molar-refractivity contribution is 4.98. The fraction of sp³-hybridized carbons (Fsp3) is 0.800. The Bertz CT molecular complexity index is 384. The molecule has 0 saturated carbocycles. The van der Waals surface area contributed by atoms with Gasteiger partial charge in [-0.3, -0.25) is 4.68 Å². The van der Waals surface area contributed by atoms with Crippen LogP contribution in [-0.4, -0.2) is 65.2 Å². The predicted molar refractivity (Wildman–Crippen MR) is 60.5 cm³/mol. The minimum Gasteiger partial charge on any atom is -0.394 e. The Balaban J connectivity index is 2.82. The Kier molecular flexibility index (Phi) is 5.17. The number of hydrogen-bond donors (Lipinski definition) is 5. The van der Waals surface area contributed by atoms with Gasteiger partial charge in [0.1, 0.15) is 30.2 Å². The topological polar surface area (TPSA) is 132 Å². The van der Waals surface area contributed by atoms with Crippen molar-refractivity contribution in [3.63, 3.8) is 0 Å². The molecule has 1 aromatic rings. The van der Waals surface area contributed by atoms with Crippen molar-refractivity contribution < 1.29 is 25.5 Å². The number of aryl methyl sites for hydroxylation is 2. The van der Waals surface area contributed by atoms with E-state index in [1.807, 2.05) is 6.92 Å². The van der Waals surface area contributed by atoms with Gasteiger partial charge < -0.3 is 25.5 Å². The second-order valence-electron chi connectivity index (χ2n) is 4.01. The average Bonchev–Trinajstić information content (AvgIpc) is 2.76. The van der Waals surface area contributed by atoms with Crippen LogP contribution in [0.5, 0.6) is 0 Å². The molecule has 0 radical (unpaired) electrons. The third-order valence-corrected chi connectivity index (χ3v) is 2.69. The summed E-state index contributed by atoms with van der Waals surface area (Å²) >= 11 is 0. The highest BCUT2D eigenvalue weighted by atomic mass is 16.4. The van der Waals surface area contributed by atoms with Gasteiger partial charge in [-0.25, -0.2) is 4.98 Å². The van der Waals surface area contributed by atoms with E-state index in [0.29, 0.717) is 12.4 Å². The zero-order valence-electron chi connectivity index (χ0n) is 10.3. The summed E-state index contributed by atoms with van der Waals surface area (Å²) in [5.41, 5.74) is 0. The molecule has 8 heteroatoms. The summed E-state index contributed by atoms with van der Waals surface area (Å²) in [4.78, 5) is 3.96. The lowest BCUT2D eigenvalue weighted by atomic mass is 10.0. The number of nitrogens with zero attached hydrogens (tertiary/aromatic N) is 3. The molecule has 1 unspecified atom stereocenters. The van der Waals surface area contributed by atoms with E-state index in [9.17, 15) is 20.4 Å². The van der Waals surface area contributed by atoms with Crippen LogP contribution in [0, 0.1) is 6.92 Å². The minimum atomic E-state index is -1.68. The first-order valence-electron chi connectivity index (χ1n) is 5.66. The maximum absolute atomic E-state index is 9.80. The van der Waals surface area contributed by atoms with Crippen LogP contribution in [0.15, 0.2) is 0 Å². The van der Waals surface area contributed by atoms with Gasteiger partial charge in [0.15, 0.2) is 5.82 Å². The third kappa shape index (κ3) is 3.03. The summed E-state index contributed by atoms with van der Waals surface area (Å²) < 4.78 is 1.53. The molecule has 0 bridgehead atoms. The molecular weight excluding hydrogens is 242 g/mol. The Morgan fingerprint density at radius 1 is 1.17 bits per heavy atom. The van der Waals surface area contributed by atoms with Crippen LogP contribution in [0.3, 0.4) is 0 Å². The predicted octanol–water partition coefficient (Wildman–Crippen LogP) is -2.29. The van der Waals surface area contributed by atoms with Crippen molar-refractivity contribution in [2.24, 2.45) is 0 Å². The number of aliphatic hydroxyl groups excluding tert-OH is 5. The van der Waals surface area contributed by atoms with Crippen LogP contribution >= 0.6 is 0 Å². The summed E-state index contributed by atoms with van der Waals surface area (Å²) in [7, 11) is 0. The molecule has 0 aliphatic rings. The van der Waals surface area contributed by atoms with Crippen molar-refractivity contribution in [3.05, 3.63) is 11.6 Å². The second-order valence-corrected chi connectivity index (χ2v) is 4.01. The zero-order chi connectivity index (χ0) is 13.9. The van der Waals surface area contributed by atoms with E-state index in [2.05, 4.69) is 10.1 Å². The molecule has 0 fully saturated rings. The molecule has 0 aromatic carbocycles. The van der Waals surface area contributed by atoms with Crippen LogP contribution < -0.4 is 0 Å². The Morgan fingerprint density at radius 2 is 1.78 bits per heavy atom. The quantitative estimate of drug-likeness (QED) is 0.389. The highest BCUT2D eigenvalue weighted by Gasteiger charge is 2.33. The summed E-state index contributed by atoms with van der Waals surface area (Å²) in [6.45, 7) is 3.38. The van der Waals surface area contributed by atoms with Crippen molar-refractivity contribution in [1.82, 2.24) is 14.8 Å². The van der Waals surface area contributed by atoms with Gasteiger partial charge >= 0.3 is 0 Å². The Morgan fingerprint density at radius 3 is 2.22 bits per heavy atom. The van der Waals surface area contributed by atoms with Crippen molar-refractivity contribution in [2.75, 3.05) is 6.61 Å². The van der Waals surface area contributed by atoms with Crippen LogP contribution in [0.25, 0.3) is 0 Å². The number of aromatic nitrogens is 3. The van der Waals surface area contributed by atoms with E-state index in [4.69, 9.17) is 5.11 Å². The first-order valence-corrected chi connectivity index (χ1v) is 5.66. The SMILES string of the molecule is CCn1nc(C(O)[C@@H](O)[C@H](O)[C@H](O)CO)nc1C. The van der Waals surface area contributed by atoms with E-state index < -0.39 is 31.0 Å². The average molecular weight is 261 g/mol. The van der Waals surface area contributed by atoms with E-state index >= 15 is 0 Å². The molecule has 0 spiro atoms. The third-order valence-electron chi connectivity index (χ3n) is 2.69. The molecule has 0 amide bonds. The molecule has 4 atom stereocenters. The van der Waals surface area contributed by atoms with Crippen molar-refractivity contribution in [3.8, 4) is 0 Å². The number of aliphatic hydroxyl groups is 5. The van der Waals surface area contributed by atoms with Gasteiger partial charge in [-0.15, -0.1) is 0 Å². The number of rotatable bonds is 6. The molecular formula is C10H19N3O5. The monoisotopic (exact) mass is 261 g/mol. The normalized spacial score (nSPS) is 18.4. The summed E-state index contributed by atoms with van der Waals surface area (Å²) in [6, 6.07) is 0. The maximum Gasteiger partial charge on any atom is 0.182 e. The molecule has 1 rings (SSSR count). The van der Waals surface area contributed by atoms with Gasteiger partial charge in [-0.2, -0.15) is 5.10 Å². The molecule has 1 heterocycles. The Hall–Kier alpha value is -1.06. The standard InChI is InChI=1S/C10H19N3O5/c1-3-13-5(2)11-10(12-13)9(18)8(17)7(16)6(15)4-14/h6-9,14-18H,3-4H2,1-2H3/t6-,7-,8+,9?/m1/s1. The number of hydrogen-bond acceptors (Lipinski definition) is 7. The molecule has 104 valence electrons. The van der Waals surface area contributed by atoms with Gasteiger partial charge in [-0.1, -0.05) is 0 Å². The van der Waals surface area contributed by atoms with Gasteiger partial charge in [0.05, 0.1) is 6.61 Å². The Labute approximate surface area is 104 Å². The molecule has 1 aromatic heterocycles. The smallest absolute Gasteiger partial charge is 0.182 e. The highest BCUT2D eigenvalue weighted by Crippen LogP contribution is 2.17. The van der Waals surface area contributed by atoms with Crippen LogP contribution in [0.1, 0.15) is 24.7 Å². The van der Waals surface area contributed by atoms with Gasteiger partial charge in [0.25, 0.3) is 0 Å². The lowest BCUT2D eigenvalue weighted by Crippen LogP contribution is -2.42. The van der Waals surface area contributed by atoms with Gasteiger partial charge in [-0.05, 0) is 13.8 Å². The maximum atomic E-state index is 9.80. The molecule has 8 nitrogen and oxygen atoms in total. The van der Waals surface area contributed by atoms with Crippen molar-refractivity contribution in [2.45, 2.75) is 44.8 Å². The summed E-state index contributed by atoms with van der Waals surface area (Å²) in [5, 5.41) is 50.7. The van der Waals surface area contributed by atoms with Crippen molar-refractivity contribution in [1.29, 1.82) is 0 Å². The summed E-state index contributed by atoms with van der Waals surface area (Å²) in [5.74, 6) is 0.530. The van der Waals surface area contributed by atoms with E-state index in [1.54, 1.807) is 6.92 Å². The summed E-state index contributed by atoms with van der Waals surface area (Å²) in [6.07, 6.45) is -6.44. The largest absolute Gasteiger partial charge is 0.394 e. The van der Waals surface area contributed by atoms with Gasteiger partial charge in [0.2, 0.25) is 0 Å². The second kappa shape index (κ2) is 6.21. The fourth-order valence-corrected chi connectivity index (χ4v) is 1.54. The zero-order valence-corrected chi connectivity index (χ0v) is 10.3. The molecule has 5 N–H and O–H groups in total. The fourth-order valence-electron chi connectivity index (χ4n) is 1.54. The van der Waals surface area contributed by atoms with Crippen LogP contribution in [0.4, 0.5) is 0 Å². The molecule has 18 heavy (non-hydrogen) atoms. The minimum absolute atomic E-state index is 0.0361. The van der Waals surface area contributed by atoms with Crippen molar-refractivity contribution >= 4 is 0 Å². The molecule has 0 aliphatic heterocycles. The van der Waals surface area contributed by atoms with E-state index in [1.165, 1.54) is 4.68 Å². The van der Waals surface area contributed by atoms with Crippen LogP contribution in [-0.2, 0) is 6.54 Å².